The zero-order valence-corrected chi connectivity index (χ0v) is 10.5. The Labute approximate surface area is 102 Å². The van der Waals surface area contributed by atoms with Crippen LogP contribution in [0.15, 0.2) is 30.6 Å². The fraction of sp³-hybridized carbons (Fsp3) is 0.385. The van der Waals surface area contributed by atoms with E-state index in [2.05, 4.69) is 41.2 Å². The van der Waals surface area contributed by atoms with Crippen LogP contribution in [0.25, 0.3) is 10.9 Å². The molecule has 4 heteroatoms. The van der Waals surface area contributed by atoms with Gasteiger partial charge in [-0.3, -0.25) is 0 Å². The second kappa shape index (κ2) is 5.10. The summed E-state index contributed by atoms with van der Waals surface area (Å²) in [4.78, 5) is 10.7. The van der Waals surface area contributed by atoms with Crippen LogP contribution in [0.1, 0.15) is 6.92 Å². The highest BCUT2D eigenvalue weighted by atomic mass is 15.1. The van der Waals surface area contributed by atoms with Gasteiger partial charge < -0.3 is 10.2 Å². The maximum atomic E-state index is 4.31. The van der Waals surface area contributed by atoms with Crippen LogP contribution in [-0.4, -0.2) is 41.5 Å². The summed E-state index contributed by atoms with van der Waals surface area (Å²) in [6.07, 6.45) is 1.60. The van der Waals surface area contributed by atoms with Gasteiger partial charge in [-0.2, -0.15) is 0 Å². The summed E-state index contributed by atoms with van der Waals surface area (Å²) in [7, 11) is 4.13. The monoisotopic (exact) mass is 230 g/mol. The third kappa shape index (κ3) is 2.91. The topological polar surface area (TPSA) is 41.0 Å². The van der Waals surface area contributed by atoms with Crippen molar-refractivity contribution in [1.82, 2.24) is 14.9 Å². The smallest absolute Gasteiger partial charge is 0.137 e. The van der Waals surface area contributed by atoms with E-state index >= 15 is 0 Å². The SMILES string of the molecule is CC(CN(C)C)Nc1ncnc2ccccc12. The first-order chi connectivity index (χ1) is 8.16. The molecule has 0 spiro atoms. The molecule has 0 fully saturated rings. The molecule has 90 valence electrons. The molecular weight excluding hydrogens is 212 g/mol. The Hall–Kier alpha value is -1.68. The number of likely N-dealkylation sites (N-methyl/N-ethyl adjacent to an activating group) is 1. The second-order valence-corrected chi connectivity index (χ2v) is 4.55. The minimum Gasteiger partial charge on any atom is -0.366 e. The number of para-hydroxylation sites is 1. The van der Waals surface area contributed by atoms with Gasteiger partial charge in [-0.25, -0.2) is 9.97 Å². The van der Waals surface area contributed by atoms with Gasteiger partial charge in [0.05, 0.1) is 5.52 Å². The molecule has 1 heterocycles. The molecule has 0 amide bonds. The Morgan fingerprint density at radius 1 is 1.24 bits per heavy atom. The zero-order valence-electron chi connectivity index (χ0n) is 10.5. The predicted molar refractivity (Wildman–Crippen MR) is 71.2 cm³/mol. The maximum Gasteiger partial charge on any atom is 0.137 e. The number of fused-ring (bicyclic) bond motifs is 1. The molecule has 0 aliphatic carbocycles. The number of benzene rings is 1. The first kappa shape index (κ1) is 11.8. The lowest BCUT2D eigenvalue weighted by molar-refractivity contribution is 0.392. The van der Waals surface area contributed by atoms with E-state index in [0.717, 1.165) is 23.3 Å². The third-order valence-corrected chi connectivity index (χ3v) is 2.56. The largest absolute Gasteiger partial charge is 0.366 e. The Kier molecular flexibility index (Phi) is 3.54. The minimum atomic E-state index is 0.350. The van der Waals surface area contributed by atoms with Gasteiger partial charge in [0.15, 0.2) is 0 Å². The lowest BCUT2D eigenvalue weighted by atomic mass is 10.2. The summed E-state index contributed by atoms with van der Waals surface area (Å²) in [6, 6.07) is 8.39. The molecule has 1 unspecified atom stereocenters. The fourth-order valence-electron chi connectivity index (χ4n) is 1.95. The average molecular weight is 230 g/mol. The fourth-order valence-corrected chi connectivity index (χ4v) is 1.95. The first-order valence-electron chi connectivity index (χ1n) is 5.78. The van der Waals surface area contributed by atoms with Crippen LogP contribution in [0.4, 0.5) is 5.82 Å². The van der Waals surface area contributed by atoms with E-state index in [9.17, 15) is 0 Å². The molecule has 1 aromatic carbocycles. The number of nitrogens with zero attached hydrogens (tertiary/aromatic N) is 3. The number of hydrogen-bond donors (Lipinski definition) is 1. The van der Waals surface area contributed by atoms with E-state index in [0.29, 0.717) is 6.04 Å². The Morgan fingerprint density at radius 2 is 2.00 bits per heavy atom. The highest BCUT2D eigenvalue weighted by molar-refractivity contribution is 5.88. The van der Waals surface area contributed by atoms with Crippen molar-refractivity contribution in [3.8, 4) is 0 Å². The van der Waals surface area contributed by atoms with Crippen LogP contribution >= 0.6 is 0 Å². The van der Waals surface area contributed by atoms with Gasteiger partial charge in [-0.15, -0.1) is 0 Å². The normalized spacial score (nSPS) is 12.9. The quantitative estimate of drug-likeness (QED) is 0.872. The van der Waals surface area contributed by atoms with Gasteiger partial charge >= 0.3 is 0 Å². The predicted octanol–water partition coefficient (Wildman–Crippen LogP) is 1.99. The van der Waals surface area contributed by atoms with Crippen LogP contribution in [0.2, 0.25) is 0 Å². The van der Waals surface area contributed by atoms with Crippen LogP contribution in [-0.2, 0) is 0 Å². The van der Waals surface area contributed by atoms with E-state index in [-0.39, 0.29) is 0 Å². The van der Waals surface area contributed by atoms with Crippen LogP contribution in [0.5, 0.6) is 0 Å². The molecular formula is C13H18N4. The molecule has 17 heavy (non-hydrogen) atoms. The summed E-state index contributed by atoms with van der Waals surface area (Å²) >= 11 is 0. The second-order valence-electron chi connectivity index (χ2n) is 4.55. The van der Waals surface area contributed by atoms with Gasteiger partial charge in [-0.1, -0.05) is 12.1 Å². The van der Waals surface area contributed by atoms with E-state index < -0.39 is 0 Å². The molecule has 2 rings (SSSR count). The van der Waals surface area contributed by atoms with Crippen molar-refractivity contribution >= 4 is 16.7 Å². The zero-order chi connectivity index (χ0) is 12.3. The number of anilines is 1. The van der Waals surface area contributed by atoms with Crippen molar-refractivity contribution in [3.63, 3.8) is 0 Å². The molecule has 0 aliphatic heterocycles. The van der Waals surface area contributed by atoms with Crippen LogP contribution in [0.3, 0.4) is 0 Å². The van der Waals surface area contributed by atoms with Gasteiger partial charge in [-0.05, 0) is 33.2 Å². The van der Waals surface area contributed by atoms with Crippen molar-refractivity contribution in [2.75, 3.05) is 26.0 Å². The Balaban J connectivity index is 2.24. The highest BCUT2D eigenvalue weighted by Crippen LogP contribution is 2.18. The van der Waals surface area contributed by atoms with Crippen molar-refractivity contribution in [2.45, 2.75) is 13.0 Å². The number of aromatic nitrogens is 2. The van der Waals surface area contributed by atoms with Crippen molar-refractivity contribution in [3.05, 3.63) is 30.6 Å². The van der Waals surface area contributed by atoms with Gasteiger partial charge in [0.25, 0.3) is 0 Å². The summed E-state index contributed by atoms with van der Waals surface area (Å²) in [5.41, 5.74) is 0.974. The summed E-state index contributed by atoms with van der Waals surface area (Å²) < 4.78 is 0. The summed E-state index contributed by atoms with van der Waals surface area (Å²) in [5.74, 6) is 0.907. The summed E-state index contributed by atoms with van der Waals surface area (Å²) in [6.45, 7) is 3.12. The molecule has 0 saturated heterocycles. The molecule has 0 radical (unpaired) electrons. The molecule has 4 nitrogen and oxygen atoms in total. The molecule has 1 N–H and O–H groups in total. The van der Waals surface area contributed by atoms with E-state index in [4.69, 9.17) is 0 Å². The Morgan fingerprint density at radius 3 is 2.76 bits per heavy atom. The standard InChI is InChI=1S/C13H18N4/c1-10(8-17(2)3)16-13-11-6-4-5-7-12(11)14-9-15-13/h4-7,9-10H,8H2,1-3H3,(H,14,15,16). The summed E-state index contributed by atoms with van der Waals surface area (Å²) in [5, 5.41) is 4.49. The van der Waals surface area contributed by atoms with Crippen LogP contribution in [0, 0.1) is 0 Å². The van der Waals surface area contributed by atoms with E-state index in [1.807, 2.05) is 24.3 Å². The van der Waals surface area contributed by atoms with Gasteiger partial charge in [0.2, 0.25) is 0 Å². The number of rotatable bonds is 4. The van der Waals surface area contributed by atoms with Gasteiger partial charge in [0.1, 0.15) is 12.1 Å². The third-order valence-electron chi connectivity index (χ3n) is 2.56. The Bertz CT molecular complexity index is 490. The van der Waals surface area contributed by atoms with E-state index in [1.54, 1.807) is 6.33 Å². The number of hydrogen-bond acceptors (Lipinski definition) is 4. The van der Waals surface area contributed by atoms with Crippen molar-refractivity contribution in [1.29, 1.82) is 0 Å². The minimum absolute atomic E-state index is 0.350. The molecule has 2 aromatic rings. The number of nitrogens with one attached hydrogen (secondary N) is 1. The molecule has 0 bridgehead atoms. The van der Waals surface area contributed by atoms with Crippen molar-refractivity contribution in [2.24, 2.45) is 0 Å². The van der Waals surface area contributed by atoms with E-state index in [1.165, 1.54) is 0 Å². The maximum absolute atomic E-state index is 4.31. The van der Waals surface area contributed by atoms with Gasteiger partial charge in [0, 0.05) is 18.0 Å². The molecule has 1 atom stereocenters. The molecule has 0 aliphatic rings. The lowest BCUT2D eigenvalue weighted by Crippen LogP contribution is -2.30. The first-order valence-corrected chi connectivity index (χ1v) is 5.78. The highest BCUT2D eigenvalue weighted by Gasteiger charge is 2.07. The van der Waals surface area contributed by atoms with Crippen molar-refractivity contribution < 1.29 is 0 Å². The van der Waals surface area contributed by atoms with Crippen LogP contribution < -0.4 is 5.32 Å². The molecule has 1 aromatic heterocycles. The lowest BCUT2D eigenvalue weighted by Gasteiger charge is -2.19. The average Bonchev–Trinajstić information content (AvgIpc) is 2.28. The molecule has 0 saturated carbocycles.